The number of hydrogen-bond donors (Lipinski definition) is 1. The molecular formula is C14H27N3O. The Balaban J connectivity index is 1.75. The molecule has 0 saturated carbocycles. The highest BCUT2D eigenvalue weighted by Gasteiger charge is 2.30. The number of carbonyl (C=O) groups is 1. The molecule has 1 amide bonds. The Morgan fingerprint density at radius 2 is 1.72 bits per heavy atom. The number of amides is 1. The average molecular weight is 253 g/mol. The van der Waals surface area contributed by atoms with E-state index in [0.717, 1.165) is 45.6 Å². The Morgan fingerprint density at radius 3 is 2.28 bits per heavy atom. The van der Waals surface area contributed by atoms with Crippen molar-refractivity contribution < 1.29 is 4.79 Å². The van der Waals surface area contributed by atoms with E-state index in [1.807, 2.05) is 4.90 Å². The van der Waals surface area contributed by atoms with E-state index in [1.165, 1.54) is 19.3 Å². The van der Waals surface area contributed by atoms with Crippen LogP contribution in [0.4, 0.5) is 0 Å². The molecule has 2 saturated heterocycles. The zero-order valence-electron chi connectivity index (χ0n) is 11.7. The predicted molar refractivity (Wildman–Crippen MR) is 73.3 cm³/mol. The highest BCUT2D eigenvalue weighted by Crippen LogP contribution is 2.29. The first-order valence-electron chi connectivity index (χ1n) is 7.33. The van der Waals surface area contributed by atoms with E-state index in [-0.39, 0.29) is 0 Å². The van der Waals surface area contributed by atoms with Crippen LogP contribution in [-0.4, -0.2) is 55.0 Å². The summed E-state index contributed by atoms with van der Waals surface area (Å²) in [7, 11) is 0. The van der Waals surface area contributed by atoms with Gasteiger partial charge in [0, 0.05) is 13.1 Å². The van der Waals surface area contributed by atoms with Crippen molar-refractivity contribution in [3.63, 3.8) is 0 Å². The highest BCUT2D eigenvalue weighted by molar-refractivity contribution is 5.78. The van der Waals surface area contributed by atoms with E-state index in [1.54, 1.807) is 0 Å². The van der Waals surface area contributed by atoms with Gasteiger partial charge in [-0.15, -0.1) is 0 Å². The van der Waals surface area contributed by atoms with Gasteiger partial charge in [-0.3, -0.25) is 9.69 Å². The SMILES string of the molecule is CC1(CN)CCN(CC(=O)N2CCCCC2)CC1. The summed E-state index contributed by atoms with van der Waals surface area (Å²) >= 11 is 0. The van der Waals surface area contributed by atoms with Gasteiger partial charge in [0.05, 0.1) is 6.54 Å². The minimum Gasteiger partial charge on any atom is -0.342 e. The van der Waals surface area contributed by atoms with E-state index in [4.69, 9.17) is 5.73 Å². The molecule has 18 heavy (non-hydrogen) atoms. The van der Waals surface area contributed by atoms with Crippen molar-refractivity contribution >= 4 is 5.91 Å². The Hall–Kier alpha value is -0.610. The van der Waals surface area contributed by atoms with Crippen molar-refractivity contribution in [3.8, 4) is 0 Å². The molecule has 2 aliphatic rings. The van der Waals surface area contributed by atoms with E-state index >= 15 is 0 Å². The first-order chi connectivity index (χ1) is 8.63. The van der Waals surface area contributed by atoms with Crippen LogP contribution in [0.3, 0.4) is 0 Å². The highest BCUT2D eigenvalue weighted by atomic mass is 16.2. The van der Waals surface area contributed by atoms with Crippen LogP contribution >= 0.6 is 0 Å². The molecule has 0 unspecified atom stereocenters. The number of carbonyl (C=O) groups excluding carboxylic acids is 1. The van der Waals surface area contributed by atoms with E-state index in [0.29, 0.717) is 17.9 Å². The lowest BCUT2D eigenvalue weighted by Crippen LogP contribution is -2.47. The quantitative estimate of drug-likeness (QED) is 0.818. The van der Waals surface area contributed by atoms with Gasteiger partial charge < -0.3 is 10.6 Å². The van der Waals surface area contributed by atoms with Crippen molar-refractivity contribution in [1.82, 2.24) is 9.80 Å². The number of piperidine rings is 2. The molecule has 0 radical (unpaired) electrons. The van der Waals surface area contributed by atoms with Gasteiger partial charge in [0.2, 0.25) is 5.91 Å². The summed E-state index contributed by atoms with van der Waals surface area (Å²) < 4.78 is 0. The number of likely N-dealkylation sites (tertiary alicyclic amines) is 2. The van der Waals surface area contributed by atoms with Crippen molar-refractivity contribution in [1.29, 1.82) is 0 Å². The topological polar surface area (TPSA) is 49.6 Å². The first-order valence-corrected chi connectivity index (χ1v) is 7.33. The third-order valence-corrected chi connectivity index (χ3v) is 4.62. The summed E-state index contributed by atoms with van der Waals surface area (Å²) in [6.07, 6.45) is 5.88. The van der Waals surface area contributed by atoms with Crippen LogP contribution in [0.5, 0.6) is 0 Å². The summed E-state index contributed by atoms with van der Waals surface area (Å²) in [5.41, 5.74) is 6.10. The molecule has 0 bridgehead atoms. The minimum absolute atomic E-state index is 0.296. The third kappa shape index (κ3) is 3.45. The molecule has 2 fully saturated rings. The summed E-state index contributed by atoms with van der Waals surface area (Å²) in [5, 5.41) is 0. The molecule has 2 aliphatic heterocycles. The largest absolute Gasteiger partial charge is 0.342 e. The van der Waals surface area contributed by atoms with Gasteiger partial charge in [0.15, 0.2) is 0 Å². The standard InChI is InChI=1S/C14H27N3O/c1-14(12-15)5-9-16(10-6-14)11-13(18)17-7-3-2-4-8-17/h2-12,15H2,1H3. The van der Waals surface area contributed by atoms with E-state index in [2.05, 4.69) is 11.8 Å². The molecule has 2 rings (SSSR count). The van der Waals surface area contributed by atoms with Crippen LogP contribution in [0.1, 0.15) is 39.0 Å². The van der Waals surface area contributed by atoms with Gasteiger partial charge in [-0.25, -0.2) is 0 Å². The van der Waals surface area contributed by atoms with Crippen molar-refractivity contribution in [2.75, 3.05) is 39.3 Å². The Bertz CT molecular complexity index is 279. The molecule has 4 heteroatoms. The van der Waals surface area contributed by atoms with E-state index in [9.17, 15) is 4.79 Å². The second-order valence-electron chi connectivity index (χ2n) is 6.23. The van der Waals surface area contributed by atoms with Crippen LogP contribution in [0.25, 0.3) is 0 Å². The van der Waals surface area contributed by atoms with Gasteiger partial charge in [-0.2, -0.15) is 0 Å². The normalized spacial score (nSPS) is 25.1. The van der Waals surface area contributed by atoms with Crippen LogP contribution in [0, 0.1) is 5.41 Å². The minimum atomic E-state index is 0.296. The zero-order chi connectivity index (χ0) is 13.0. The molecule has 2 heterocycles. The second-order valence-corrected chi connectivity index (χ2v) is 6.23. The smallest absolute Gasteiger partial charge is 0.236 e. The third-order valence-electron chi connectivity index (χ3n) is 4.62. The van der Waals surface area contributed by atoms with E-state index < -0.39 is 0 Å². The van der Waals surface area contributed by atoms with Crippen LogP contribution < -0.4 is 5.73 Å². The summed E-state index contributed by atoms with van der Waals surface area (Å²) in [6.45, 7) is 7.61. The van der Waals surface area contributed by atoms with Crippen molar-refractivity contribution in [3.05, 3.63) is 0 Å². The van der Waals surface area contributed by atoms with Gasteiger partial charge in [0.25, 0.3) is 0 Å². The van der Waals surface area contributed by atoms with Gasteiger partial charge in [0.1, 0.15) is 0 Å². The number of hydrogen-bond acceptors (Lipinski definition) is 3. The monoisotopic (exact) mass is 253 g/mol. The average Bonchev–Trinajstić information content (AvgIpc) is 2.42. The molecule has 0 spiro atoms. The Labute approximate surface area is 110 Å². The number of rotatable bonds is 3. The lowest BCUT2D eigenvalue weighted by atomic mass is 9.80. The van der Waals surface area contributed by atoms with Gasteiger partial charge in [-0.05, 0) is 57.2 Å². The fourth-order valence-electron chi connectivity index (χ4n) is 2.89. The van der Waals surface area contributed by atoms with Crippen molar-refractivity contribution in [2.24, 2.45) is 11.1 Å². The maximum atomic E-state index is 12.2. The number of nitrogens with two attached hydrogens (primary N) is 1. The molecule has 0 aromatic carbocycles. The van der Waals surface area contributed by atoms with Crippen LogP contribution in [-0.2, 0) is 4.79 Å². The number of nitrogens with zero attached hydrogens (tertiary/aromatic N) is 2. The van der Waals surface area contributed by atoms with Crippen LogP contribution in [0.15, 0.2) is 0 Å². The molecule has 4 nitrogen and oxygen atoms in total. The lowest BCUT2D eigenvalue weighted by molar-refractivity contribution is -0.133. The summed E-state index contributed by atoms with van der Waals surface area (Å²) in [6, 6.07) is 0. The van der Waals surface area contributed by atoms with Crippen LogP contribution in [0.2, 0.25) is 0 Å². The molecule has 0 aromatic heterocycles. The second kappa shape index (κ2) is 6.02. The first kappa shape index (κ1) is 13.8. The van der Waals surface area contributed by atoms with Crippen molar-refractivity contribution in [2.45, 2.75) is 39.0 Å². The molecule has 0 aromatic rings. The van der Waals surface area contributed by atoms with Gasteiger partial charge >= 0.3 is 0 Å². The molecule has 0 atom stereocenters. The predicted octanol–water partition coefficient (Wildman–Crippen LogP) is 1.06. The van der Waals surface area contributed by atoms with Gasteiger partial charge in [-0.1, -0.05) is 6.92 Å². The molecule has 104 valence electrons. The molecule has 0 aliphatic carbocycles. The fraction of sp³-hybridized carbons (Fsp3) is 0.929. The summed E-state index contributed by atoms with van der Waals surface area (Å²) in [4.78, 5) is 16.5. The zero-order valence-corrected chi connectivity index (χ0v) is 11.7. The maximum absolute atomic E-state index is 12.2. The maximum Gasteiger partial charge on any atom is 0.236 e. The fourth-order valence-corrected chi connectivity index (χ4v) is 2.89. The Morgan fingerprint density at radius 1 is 1.11 bits per heavy atom. The lowest BCUT2D eigenvalue weighted by Gasteiger charge is -2.39. The molecule has 2 N–H and O–H groups in total. The summed E-state index contributed by atoms with van der Waals surface area (Å²) in [5.74, 6) is 0.325. The molecular weight excluding hydrogens is 226 g/mol. The Kier molecular flexibility index (Phi) is 4.62.